The molecule has 0 N–H and O–H groups in total. The van der Waals surface area contributed by atoms with Crippen molar-refractivity contribution in [1.82, 2.24) is 18.8 Å². The Morgan fingerprint density at radius 2 is 1.61 bits per heavy atom. The summed E-state index contributed by atoms with van der Waals surface area (Å²) in [5.74, 6) is -2.65. The zero-order chi connectivity index (χ0) is 25.4. The van der Waals surface area contributed by atoms with Crippen molar-refractivity contribution in [2.45, 2.75) is 68.9 Å². The van der Waals surface area contributed by atoms with Crippen molar-refractivity contribution in [3.8, 4) is 0 Å². The predicted octanol–water partition coefficient (Wildman–Crippen LogP) is 4.38. The number of sulfonamides is 1. The van der Waals surface area contributed by atoms with E-state index in [9.17, 15) is 22.0 Å². The van der Waals surface area contributed by atoms with Gasteiger partial charge in [0.25, 0.3) is 10.0 Å². The number of hydrogen-bond donors (Lipinski definition) is 0. The van der Waals surface area contributed by atoms with E-state index in [4.69, 9.17) is 0 Å². The number of Topliss-reactive ketones (excluding diaryl/α,β-unsaturated/α-hetero) is 1. The maximum atomic E-state index is 14.1. The summed E-state index contributed by atoms with van der Waals surface area (Å²) in [6.45, 7) is 5.24. The zero-order valence-electron chi connectivity index (χ0n) is 21.0. The van der Waals surface area contributed by atoms with Crippen LogP contribution in [0.1, 0.15) is 60.0 Å². The van der Waals surface area contributed by atoms with Crippen molar-refractivity contribution < 1.29 is 22.0 Å². The average molecular weight is 545 g/mol. The second-order valence-electron chi connectivity index (χ2n) is 10.0. The van der Waals surface area contributed by atoms with Crippen molar-refractivity contribution in [3.63, 3.8) is 0 Å². The number of carbonyl (C=O) groups excluding carboxylic acids is 1. The highest BCUT2D eigenvalue weighted by atomic mass is 35.5. The largest absolute Gasteiger partial charge is 0.339 e. The van der Waals surface area contributed by atoms with Gasteiger partial charge in [-0.15, -0.1) is 12.4 Å². The van der Waals surface area contributed by atoms with Gasteiger partial charge in [0.05, 0.1) is 6.33 Å². The molecule has 36 heavy (non-hydrogen) atoms. The Kier molecular flexibility index (Phi) is 8.65. The fraction of sp³-hybridized carbons (Fsp3) is 0.600. The van der Waals surface area contributed by atoms with Crippen molar-refractivity contribution >= 4 is 28.2 Å². The van der Waals surface area contributed by atoms with Crippen molar-refractivity contribution in [2.75, 3.05) is 26.2 Å². The van der Waals surface area contributed by atoms with Crippen LogP contribution in [0.3, 0.4) is 0 Å². The number of piperazine rings is 1. The maximum Gasteiger partial charge on any atom is 0.262 e. The van der Waals surface area contributed by atoms with Crippen LogP contribution in [0.4, 0.5) is 8.78 Å². The molecule has 1 aliphatic carbocycles. The number of ketones is 1. The third kappa shape index (κ3) is 5.82. The SMILES string of the molecule is Cc1cccc(C)c1C(=O)CCC1(N2CCN(S(=O)(=O)c3cn(C)cn3)CC2)CCC(F)(F)CC1.Cl. The number of aromatic nitrogens is 2. The summed E-state index contributed by atoms with van der Waals surface area (Å²) in [5.41, 5.74) is 2.03. The van der Waals surface area contributed by atoms with Gasteiger partial charge in [0, 0.05) is 69.8 Å². The van der Waals surface area contributed by atoms with E-state index in [1.54, 1.807) is 11.6 Å². The highest BCUT2D eigenvalue weighted by Gasteiger charge is 2.47. The fourth-order valence-electron chi connectivity index (χ4n) is 5.59. The van der Waals surface area contributed by atoms with E-state index in [0.717, 1.165) is 16.7 Å². The number of aryl methyl sites for hydroxylation is 3. The third-order valence-corrected chi connectivity index (χ3v) is 9.47. The monoisotopic (exact) mass is 544 g/mol. The molecule has 0 amide bonds. The number of alkyl halides is 2. The Hall–Kier alpha value is -1.88. The smallest absolute Gasteiger partial charge is 0.262 e. The van der Waals surface area contributed by atoms with Gasteiger partial charge in [0.2, 0.25) is 5.92 Å². The first-order valence-corrected chi connectivity index (χ1v) is 13.6. The van der Waals surface area contributed by atoms with E-state index in [2.05, 4.69) is 9.88 Å². The molecule has 0 spiro atoms. The summed E-state index contributed by atoms with van der Waals surface area (Å²) in [6, 6.07) is 5.75. The molecule has 2 aromatic rings. The van der Waals surface area contributed by atoms with Crippen LogP contribution < -0.4 is 0 Å². The molecule has 2 heterocycles. The lowest BCUT2D eigenvalue weighted by atomic mass is 9.74. The zero-order valence-corrected chi connectivity index (χ0v) is 22.7. The Morgan fingerprint density at radius 1 is 1.03 bits per heavy atom. The maximum absolute atomic E-state index is 14.1. The van der Waals surface area contributed by atoms with Crippen LogP contribution in [0.25, 0.3) is 0 Å². The van der Waals surface area contributed by atoms with E-state index in [-0.39, 0.29) is 55.6 Å². The van der Waals surface area contributed by atoms with Gasteiger partial charge in [0.1, 0.15) is 0 Å². The van der Waals surface area contributed by atoms with Crippen molar-refractivity contribution in [2.24, 2.45) is 7.05 Å². The van der Waals surface area contributed by atoms with E-state index in [0.29, 0.717) is 32.4 Å². The van der Waals surface area contributed by atoms with Gasteiger partial charge in [-0.1, -0.05) is 18.2 Å². The summed E-state index contributed by atoms with van der Waals surface area (Å²) in [5, 5.41) is 0.0136. The second kappa shape index (κ2) is 10.8. The molecular formula is C25H35ClF2N4O3S. The number of nitrogens with zero attached hydrogens (tertiary/aromatic N) is 4. The molecule has 1 aromatic carbocycles. The van der Waals surface area contributed by atoms with Gasteiger partial charge in [-0.05, 0) is 44.2 Å². The first kappa shape index (κ1) is 28.7. The summed E-state index contributed by atoms with van der Waals surface area (Å²) >= 11 is 0. The third-order valence-electron chi connectivity index (χ3n) is 7.68. The number of halogens is 3. The van der Waals surface area contributed by atoms with E-state index in [1.165, 1.54) is 16.8 Å². The van der Waals surface area contributed by atoms with Gasteiger partial charge in [-0.25, -0.2) is 22.2 Å². The molecule has 1 aromatic heterocycles. The predicted molar refractivity (Wildman–Crippen MR) is 136 cm³/mol. The molecular weight excluding hydrogens is 510 g/mol. The minimum Gasteiger partial charge on any atom is -0.339 e. The number of rotatable bonds is 7. The van der Waals surface area contributed by atoms with Crippen LogP contribution in [0.5, 0.6) is 0 Å². The van der Waals surface area contributed by atoms with Crippen LogP contribution >= 0.6 is 12.4 Å². The van der Waals surface area contributed by atoms with Crippen molar-refractivity contribution in [1.29, 1.82) is 0 Å². The van der Waals surface area contributed by atoms with Crippen molar-refractivity contribution in [3.05, 3.63) is 47.4 Å². The first-order chi connectivity index (χ1) is 16.4. The Morgan fingerprint density at radius 3 is 2.14 bits per heavy atom. The number of carbonyl (C=O) groups is 1. The number of hydrogen-bond acceptors (Lipinski definition) is 5. The first-order valence-electron chi connectivity index (χ1n) is 12.1. The highest BCUT2D eigenvalue weighted by molar-refractivity contribution is 7.89. The van der Waals surface area contributed by atoms with E-state index >= 15 is 0 Å². The Labute approximate surface area is 218 Å². The van der Waals surface area contributed by atoms with Gasteiger partial charge < -0.3 is 4.57 Å². The fourth-order valence-corrected chi connectivity index (χ4v) is 6.98. The lowest BCUT2D eigenvalue weighted by molar-refractivity contribution is -0.0891. The quantitative estimate of drug-likeness (QED) is 0.484. The summed E-state index contributed by atoms with van der Waals surface area (Å²) in [7, 11) is -1.99. The molecule has 0 bridgehead atoms. The molecule has 11 heteroatoms. The highest BCUT2D eigenvalue weighted by Crippen LogP contribution is 2.44. The molecule has 0 atom stereocenters. The topological polar surface area (TPSA) is 75.5 Å². The molecule has 1 aliphatic heterocycles. The van der Waals surface area contributed by atoms with Gasteiger partial charge in [-0.2, -0.15) is 4.31 Å². The van der Waals surface area contributed by atoms with Crippen LogP contribution in [0.2, 0.25) is 0 Å². The van der Waals surface area contributed by atoms with Gasteiger partial charge in [-0.3, -0.25) is 9.69 Å². The molecule has 1 saturated heterocycles. The van der Waals surface area contributed by atoms with Crippen LogP contribution in [0, 0.1) is 13.8 Å². The molecule has 7 nitrogen and oxygen atoms in total. The van der Waals surface area contributed by atoms with Crippen LogP contribution in [-0.2, 0) is 17.1 Å². The minimum absolute atomic E-state index is 0. The molecule has 2 aliphatic rings. The molecule has 0 unspecified atom stereocenters. The standard InChI is InChI=1S/C25H34F2N4O3S.ClH/c1-19-5-4-6-20(2)23(19)21(32)7-8-24(9-11-25(26,27)12-10-24)30-13-15-31(16-14-30)35(33,34)22-17-29(3)18-28-22;/h4-6,17-18H,7-16H2,1-3H3;1H. The average Bonchev–Trinajstić information content (AvgIpc) is 3.26. The summed E-state index contributed by atoms with van der Waals surface area (Å²) in [6.07, 6.45) is 3.87. The summed E-state index contributed by atoms with van der Waals surface area (Å²) in [4.78, 5) is 19.3. The van der Waals surface area contributed by atoms with Crippen LogP contribution in [-0.4, -0.2) is 70.6 Å². The molecule has 1 saturated carbocycles. The minimum atomic E-state index is -3.70. The number of imidazole rings is 1. The van der Waals surface area contributed by atoms with E-state index in [1.807, 2.05) is 32.0 Å². The molecule has 200 valence electrons. The number of benzene rings is 1. The normalized spacial score (nSPS) is 20.6. The summed E-state index contributed by atoms with van der Waals surface area (Å²) < 4.78 is 57.2. The Bertz CT molecular complexity index is 1160. The second-order valence-corrected chi connectivity index (χ2v) is 11.9. The van der Waals surface area contributed by atoms with Gasteiger partial charge >= 0.3 is 0 Å². The van der Waals surface area contributed by atoms with Gasteiger partial charge in [0.15, 0.2) is 10.8 Å². The molecule has 0 radical (unpaired) electrons. The lowest BCUT2D eigenvalue weighted by Gasteiger charge is -2.50. The molecule has 4 rings (SSSR count). The van der Waals surface area contributed by atoms with Crippen LogP contribution in [0.15, 0.2) is 35.7 Å². The molecule has 2 fully saturated rings. The lowest BCUT2D eigenvalue weighted by Crippen LogP contribution is -2.59. The Balaban J connectivity index is 0.00000361. The van der Waals surface area contributed by atoms with E-state index < -0.39 is 21.5 Å².